The van der Waals surface area contributed by atoms with Crippen LogP contribution in [0.15, 0.2) is 48.5 Å². The van der Waals surface area contributed by atoms with E-state index in [1.807, 2.05) is 35.2 Å². The quantitative estimate of drug-likeness (QED) is 0.661. The van der Waals surface area contributed by atoms with E-state index in [9.17, 15) is 14.0 Å². The zero-order valence-corrected chi connectivity index (χ0v) is 16.6. The highest BCUT2D eigenvalue weighted by Gasteiger charge is 2.43. The smallest absolute Gasteiger partial charge is 0.410 e. The van der Waals surface area contributed by atoms with Crippen LogP contribution in [0.25, 0.3) is 0 Å². The average Bonchev–Trinajstić information content (AvgIpc) is 2.70. The maximum Gasteiger partial charge on any atom is 0.410 e. The van der Waals surface area contributed by atoms with Gasteiger partial charge in [-0.2, -0.15) is 0 Å². The van der Waals surface area contributed by atoms with E-state index in [0.29, 0.717) is 18.4 Å². The zero-order chi connectivity index (χ0) is 20.4. The highest BCUT2D eigenvalue weighted by Crippen LogP contribution is 2.39. The van der Waals surface area contributed by atoms with Crippen molar-refractivity contribution in [1.82, 2.24) is 4.90 Å². The maximum atomic E-state index is 13.8. The van der Waals surface area contributed by atoms with Crippen LogP contribution in [0, 0.1) is 18.7 Å². The Balaban J connectivity index is 1.44. The first-order valence-corrected chi connectivity index (χ1v) is 10.3. The first-order chi connectivity index (χ1) is 14.0. The molecule has 2 aliphatic heterocycles. The Labute approximate surface area is 170 Å². The number of aryl methyl sites for hydroxylation is 1. The number of Topliss-reactive ketones (excluding diaryl/α,β-unsaturated/α-hetero) is 1. The molecular weight excluding hydrogens is 369 g/mol. The minimum absolute atomic E-state index is 0.00868. The summed E-state index contributed by atoms with van der Waals surface area (Å²) in [6, 6.07) is 14.2. The third kappa shape index (κ3) is 4.34. The minimum Gasteiger partial charge on any atom is -0.445 e. The Bertz CT molecular complexity index is 864. The highest BCUT2D eigenvalue weighted by atomic mass is 19.1. The Kier molecular flexibility index (Phi) is 5.65. The van der Waals surface area contributed by atoms with E-state index in [1.165, 1.54) is 12.1 Å². The van der Waals surface area contributed by atoms with Gasteiger partial charge < -0.3 is 9.64 Å². The van der Waals surface area contributed by atoms with E-state index in [1.54, 1.807) is 13.0 Å². The van der Waals surface area contributed by atoms with Crippen LogP contribution in [0.3, 0.4) is 0 Å². The summed E-state index contributed by atoms with van der Waals surface area (Å²) in [5.74, 6) is -0.568. The van der Waals surface area contributed by atoms with Crippen LogP contribution in [-0.2, 0) is 11.3 Å². The average molecular weight is 395 g/mol. The van der Waals surface area contributed by atoms with E-state index >= 15 is 0 Å². The molecule has 2 bridgehead atoms. The molecule has 29 heavy (non-hydrogen) atoms. The zero-order valence-electron chi connectivity index (χ0n) is 16.6. The molecule has 5 heteroatoms. The number of ketones is 1. The second-order valence-corrected chi connectivity index (χ2v) is 8.24. The predicted molar refractivity (Wildman–Crippen MR) is 108 cm³/mol. The lowest BCUT2D eigenvalue weighted by molar-refractivity contribution is 0.00472. The molecule has 4 rings (SSSR count). The molecule has 2 saturated heterocycles. The van der Waals surface area contributed by atoms with E-state index in [0.717, 1.165) is 30.4 Å². The molecule has 2 aromatic rings. The number of carbonyl (C=O) groups excluding carboxylic acids is 2. The Morgan fingerprint density at radius 3 is 2.41 bits per heavy atom. The fourth-order valence-corrected chi connectivity index (χ4v) is 4.80. The summed E-state index contributed by atoms with van der Waals surface area (Å²) in [7, 11) is 0. The van der Waals surface area contributed by atoms with Gasteiger partial charge in [-0.3, -0.25) is 4.79 Å². The lowest BCUT2D eigenvalue weighted by Gasteiger charge is -2.47. The van der Waals surface area contributed by atoms with Crippen LogP contribution in [0.4, 0.5) is 9.18 Å². The molecule has 0 saturated carbocycles. The largest absolute Gasteiger partial charge is 0.445 e. The number of carbonyl (C=O) groups is 2. The Hall–Kier alpha value is -2.69. The molecule has 152 valence electrons. The first kappa shape index (κ1) is 19.6. The molecule has 0 spiro atoms. The summed E-state index contributed by atoms with van der Waals surface area (Å²) in [5, 5.41) is 0. The number of fused-ring (bicyclic) bond motifs is 2. The summed E-state index contributed by atoms with van der Waals surface area (Å²) in [5.41, 5.74) is 2.14. The number of halogens is 1. The van der Waals surface area contributed by atoms with Crippen LogP contribution < -0.4 is 0 Å². The SMILES string of the molecule is Cc1cc(F)cc(C(=O)C2CC3CCCC(C2)N3C(=O)OCc2ccccc2)c1. The lowest BCUT2D eigenvalue weighted by Crippen LogP contribution is -2.55. The molecular formula is C24H26FNO3. The van der Waals surface area contributed by atoms with E-state index in [2.05, 4.69) is 0 Å². The van der Waals surface area contributed by atoms with Gasteiger partial charge in [-0.05, 0) is 68.4 Å². The fraction of sp³-hybridized carbons (Fsp3) is 0.417. The number of benzene rings is 2. The second-order valence-electron chi connectivity index (χ2n) is 8.24. The van der Waals surface area contributed by atoms with Crippen molar-refractivity contribution in [2.45, 2.75) is 57.7 Å². The summed E-state index contributed by atoms with van der Waals surface area (Å²) in [6.45, 7) is 2.04. The van der Waals surface area contributed by atoms with E-state index in [4.69, 9.17) is 4.74 Å². The van der Waals surface area contributed by atoms with Gasteiger partial charge in [0, 0.05) is 23.6 Å². The van der Waals surface area contributed by atoms with Gasteiger partial charge in [-0.15, -0.1) is 0 Å². The van der Waals surface area contributed by atoms with Gasteiger partial charge in [-0.1, -0.05) is 30.3 Å². The first-order valence-electron chi connectivity index (χ1n) is 10.3. The molecule has 2 aliphatic rings. The predicted octanol–water partition coefficient (Wildman–Crippen LogP) is 5.29. The second kappa shape index (κ2) is 8.36. The third-order valence-corrected chi connectivity index (χ3v) is 6.09. The normalized spacial score (nSPS) is 23.5. The number of ether oxygens (including phenoxy) is 1. The molecule has 2 unspecified atom stereocenters. The van der Waals surface area contributed by atoms with Crippen molar-refractivity contribution in [1.29, 1.82) is 0 Å². The van der Waals surface area contributed by atoms with Crippen LogP contribution in [0.2, 0.25) is 0 Å². The van der Waals surface area contributed by atoms with Gasteiger partial charge in [0.05, 0.1) is 0 Å². The number of rotatable bonds is 4. The number of nitrogens with zero attached hydrogens (tertiary/aromatic N) is 1. The van der Waals surface area contributed by atoms with Crippen LogP contribution in [0.5, 0.6) is 0 Å². The molecule has 2 fully saturated rings. The topological polar surface area (TPSA) is 46.6 Å². The van der Waals surface area contributed by atoms with Crippen molar-refractivity contribution in [3.8, 4) is 0 Å². The summed E-state index contributed by atoms with van der Waals surface area (Å²) >= 11 is 0. The number of piperidine rings is 2. The van der Waals surface area contributed by atoms with Crippen molar-refractivity contribution in [3.63, 3.8) is 0 Å². The van der Waals surface area contributed by atoms with Gasteiger partial charge in [0.1, 0.15) is 12.4 Å². The third-order valence-electron chi connectivity index (χ3n) is 6.09. The Morgan fingerprint density at radius 2 is 1.76 bits per heavy atom. The van der Waals surface area contributed by atoms with Crippen molar-refractivity contribution in [3.05, 3.63) is 71.0 Å². The van der Waals surface area contributed by atoms with Crippen molar-refractivity contribution < 1.29 is 18.7 Å². The molecule has 1 amide bonds. The molecule has 2 heterocycles. The van der Waals surface area contributed by atoms with Crippen LogP contribution in [-0.4, -0.2) is 28.9 Å². The number of hydrogen-bond donors (Lipinski definition) is 0. The van der Waals surface area contributed by atoms with E-state index < -0.39 is 0 Å². The molecule has 0 radical (unpaired) electrons. The van der Waals surface area contributed by atoms with Crippen molar-refractivity contribution in [2.75, 3.05) is 0 Å². The minimum atomic E-state index is -0.379. The fourth-order valence-electron chi connectivity index (χ4n) is 4.80. The van der Waals surface area contributed by atoms with Gasteiger partial charge in [-0.25, -0.2) is 9.18 Å². The summed E-state index contributed by atoms with van der Waals surface area (Å²) in [6.07, 6.45) is 3.75. The standard InChI is InChI=1S/C24H26FNO3/c1-16-10-18(12-20(25)11-16)23(27)19-13-21-8-5-9-22(14-19)26(21)24(28)29-15-17-6-3-2-4-7-17/h2-4,6-7,10-12,19,21-22H,5,8-9,13-15H2,1H3. The highest BCUT2D eigenvalue weighted by molar-refractivity contribution is 5.98. The van der Waals surface area contributed by atoms with Crippen LogP contribution in [0.1, 0.15) is 53.6 Å². The van der Waals surface area contributed by atoms with E-state index in [-0.39, 0.29) is 42.3 Å². The van der Waals surface area contributed by atoms with Crippen molar-refractivity contribution in [2.24, 2.45) is 5.92 Å². The molecule has 0 N–H and O–H groups in total. The molecule has 2 atom stereocenters. The summed E-state index contributed by atoms with van der Waals surface area (Å²) < 4.78 is 19.3. The summed E-state index contributed by atoms with van der Waals surface area (Å²) in [4.78, 5) is 27.7. The lowest BCUT2D eigenvalue weighted by atomic mass is 9.75. The number of hydrogen-bond acceptors (Lipinski definition) is 3. The molecule has 4 nitrogen and oxygen atoms in total. The maximum absolute atomic E-state index is 13.8. The van der Waals surface area contributed by atoms with Gasteiger partial charge in [0.25, 0.3) is 0 Å². The molecule has 0 aliphatic carbocycles. The Morgan fingerprint density at radius 1 is 1.07 bits per heavy atom. The van der Waals surface area contributed by atoms with Gasteiger partial charge >= 0.3 is 6.09 Å². The number of amides is 1. The molecule has 0 aromatic heterocycles. The monoisotopic (exact) mass is 395 g/mol. The van der Waals surface area contributed by atoms with Crippen LogP contribution >= 0.6 is 0 Å². The van der Waals surface area contributed by atoms with Crippen molar-refractivity contribution >= 4 is 11.9 Å². The molecule has 2 aromatic carbocycles. The van der Waals surface area contributed by atoms with Gasteiger partial charge in [0.2, 0.25) is 0 Å². The van der Waals surface area contributed by atoms with Gasteiger partial charge in [0.15, 0.2) is 5.78 Å².